The van der Waals surface area contributed by atoms with Crippen LogP contribution in [0.5, 0.6) is 5.88 Å². The van der Waals surface area contributed by atoms with Gasteiger partial charge in [0.15, 0.2) is 0 Å². The number of morpholine rings is 1. The molecule has 1 aliphatic rings. The molecule has 6 heteroatoms. The van der Waals surface area contributed by atoms with Gasteiger partial charge in [-0.2, -0.15) is 4.98 Å². The molecule has 1 aliphatic heterocycles. The van der Waals surface area contributed by atoms with Crippen LogP contribution in [0.4, 0.5) is 5.95 Å². The van der Waals surface area contributed by atoms with Crippen LogP contribution in [0.25, 0.3) is 0 Å². The number of hydrogen-bond acceptors (Lipinski definition) is 6. The van der Waals surface area contributed by atoms with E-state index in [0.29, 0.717) is 11.8 Å². The molecule has 0 spiro atoms. The highest BCUT2D eigenvalue weighted by atomic mass is 16.5. The topological polar surface area (TPSA) is 59.5 Å². The molecular formula is C11H18N4O2. The van der Waals surface area contributed by atoms with E-state index in [1.807, 2.05) is 18.9 Å². The minimum absolute atomic E-state index is 0.112. The predicted molar refractivity (Wildman–Crippen MR) is 63.8 cm³/mol. The summed E-state index contributed by atoms with van der Waals surface area (Å²) >= 11 is 0. The van der Waals surface area contributed by atoms with E-state index in [1.165, 1.54) is 0 Å². The zero-order chi connectivity index (χ0) is 12.1. The van der Waals surface area contributed by atoms with Crippen LogP contribution in [0.1, 0.15) is 13.8 Å². The zero-order valence-corrected chi connectivity index (χ0v) is 10.2. The molecule has 17 heavy (non-hydrogen) atoms. The van der Waals surface area contributed by atoms with E-state index in [9.17, 15) is 0 Å². The normalized spacial score (nSPS) is 17.1. The molecule has 0 aliphatic carbocycles. The standard InChI is InChI=1S/C11H18N4O2/c1-9(2)17-10-3-4-12-11(13-10)14-15-5-7-16-8-6-15/h3-4,9H,5-8H2,1-2H3,(H,12,13,14). The number of rotatable bonds is 4. The van der Waals surface area contributed by atoms with Gasteiger partial charge < -0.3 is 9.47 Å². The molecule has 0 bridgehead atoms. The third-order valence-electron chi connectivity index (χ3n) is 2.26. The molecule has 1 N–H and O–H groups in total. The molecule has 0 radical (unpaired) electrons. The largest absolute Gasteiger partial charge is 0.475 e. The summed E-state index contributed by atoms with van der Waals surface area (Å²) < 4.78 is 10.8. The Kier molecular flexibility index (Phi) is 4.11. The molecule has 2 heterocycles. The number of nitrogens with one attached hydrogen (secondary N) is 1. The van der Waals surface area contributed by atoms with Crippen LogP contribution >= 0.6 is 0 Å². The Hall–Kier alpha value is -1.40. The Morgan fingerprint density at radius 1 is 1.41 bits per heavy atom. The first-order valence-corrected chi connectivity index (χ1v) is 5.83. The molecule has 6 nitrogen and oxygen atoms in total. The van der Waals surface area contributed by atoms with Gasteiger partial charge in [0, 0.05) is 25.4 Å². The van der Waals surface area contributed by atoms with Gasteiger partial charge in [0.25, 0.3) is 0 Å². The van der Waals surface area contributed by atoms with Crippen molar-refractivity contribution in [2.24, 2.45) is 0 Å². The summed E-state index contributed by atoms with van der Waals surface area (Å²) in [5, 5.41) is 2.04. The van der Waals surface area contributed by atoms with Crippen molar-refractivity contribution in [2.45, 2.75) is 20.0 Å². The van der Waals surface area contributed by atoms with Gasteiger partial charge in [-0.05, 0) is 13.8 Å². The Morgan fingerprint density at radius 3 is 2.88 bits per heavy atom. The predicted octanol–water partition coefficient (Wildman–Crippen LogP) is 0.923. The maximum atomic E-state index is 5.51. The lowest BCUT2D eigenvalue weighted by Gasteiger charge is -2.26. The highest BCUT2D eigenvalue weighted by Gasteiger charge is 2.11. The van der Waals surface area contributed by atoms with E-state index in [0.717, 1.165) is 26.3 Å². The van der Waals surface area contributed by atoms with Crippen LogP contribution in [-0.2, 0) is 4.74 Å². The quantitative estimate of drug-likeness (QED) is 0.842. The maximum absolute atomic E-state index is 5.51. The fraction of sp³-hybridized carbons (Fsp3) is 0.636. The van der Waals surface area contributed by atoms with E-state index >= 15 is 0 Å². The summed E-state index contributed by atoms with van der Waals surface area (Å²) in [6.45, 7) is 7.07. The second-order valence-electron chi connectivity index (χ2n) is 4.10. The lowest BCUT2D eigenvalue weighted by molar-refractivity contribution is 0.0492. The van der Waals surface area contributed by atoms with Gasteiger partial charge in [0.2, 0.25) is 11.8 Å². The van der Waals surface area contributed by atoms with Crippen molar-refractivity contribution in [3.05, 3.63) is 12.3 Å². The van der Waals surface area contributed by atoms with Crippen LogP contribution < -0.4 is 10.2 Å². The Bertz CT molecular complexity index is 353. The van der Waals surface area contributed by atoms with E-state index in [1.54, 1.807) is 12.3 Å². The molecule has 94 valence electrons. The van der Waals surface area contributed by atoms with Gasteiger partial charge in [-0.25, -0.2) is 9.99 Å². The number of hydrazine groups is 1. The second kappa shape index (κ2) is 5.79. The highest BCUT2D eigenvalue weighted by Crippen LogP contribution is 2.11. The third-order valence-corrected chi connectivity index (χ3v) is 2.26. The molecule has 1 saturated heterocycles. The van der Waals surface area contributed by atoms with Crippen LogP contribution in [0.15, 0.2) is 12.3 Å². The zero-order valence-electron chi connectivity index (χ0n) is 10.2. The lowest BCUT2D eigenvalue weighted by Crippen LogP contribution is -2.40. The number of aromatic nitrogens is 2. The molecule has 2 rings (SSSR count). The maximum Gasteiger partial charge on any atom is 0.240 e. The van der Waals surface area contributed by atoms with Crippen LogP contribution in [0.2, 0.25) is 0 Å². The minimum atomic E-state index is 0.112. The van der Waals surface area contributed by atoms with Crippen molar-refractivity contribution in [3.8, 4) is 5.88 Å². The third kappa shape index (κ3) is 3.83. The molecule has 0 saturated carbocycles. The number of ether oxygens (including phenoxy) is 2. The first-order valence-electron chi connectivity index (χ1n) is 5.83. The summed E-state index contributed by atoms with van der Waals surface area (Å²) in [4.78, 5) is 8.44. The van der Waals surface area contributed by atoms with Gasteiger partial charge in [-0.1, -0.05) is 0 Å². The van der Waals surface area contributed by atoms with Gasteiger partial charge in [-0.15, -0.1) is 0 Å². The van der Waals surface area contributed by atoms with E-state index in [-0.39, 0.29) is 6.10 Å². The molecule has 1 aromatic rings. The summed E-state index contributed by atoms with van der Waals surface area (Å²) in [5.74, 6) is 1.15. The SMILES string of the molecule is CC(C)Oc1ccnc(NN2CCOCC2)n1. The first kappa shape index (κ1) is 12.1. The minimum Gasteiger partial charge on any atom is -0.475 e. The second-order valence-corrected chi connectivity index (χ2v) is 4.10. The van der Waals surface area contributed by atoms with Crippen molar-refractivity contribution >= 4 is 5.95 Å². The first-order chi connectivity index (χ1) is 8.24. The Balaban J connectivity index is 1.95. The molecule has 1 fully saturated rings. The summed E-state index contributed by atoms with van der Waals surface area (Å²) in [5.41, 5.74) is 3.15. The van der Waals surface area contributed by atoms with Crippen LogP contribution in [-0.4, -0.2) is 47.4 Å². The van der Waals surface area contributed by atoms with E-state index < -0.39 is 0 Å². The summed E-state index contributed by atoms with van der Waals surface area (Å²) in [6, 6.07) is 1.75. The monoisotopic (exact) mass is 238 g/mol. The lowest BCUT2D eigenvalue weighted by atomic mass is 10.5. The Labute approximate surface area is 101 Å². The number of anilines is 1. The fourth-order valence-corrected chi connectivity index (χ4v) is 1.52. The van der Waals surface area contributed by atoms with Crippen LogP contribution in [0, 0.1) is 0 Å². The van der Waals surface area contributed by atoms with E-state index in [4.69, 9.17) is 9.47 Å². The Morgan fingerprint density at radius 2 is 2.18 bits per heavy atom. The molecule has 0 aromatic carbocycles. The van der Waals surface area contributed by atoms with Gasteiger partial charge >= 0.3 is 0 Å². The van der Waals surface area contributed by atoms with Crippen molar-refractivity contribution in [3.63, 3.8) is 0 Å². The van der Waals surface area contributed by atoms with E-state index in [2.05, 4.69) is 15.4 Å². The van der Waals surface area contributed by atoms with Crippen molar-refractivity contribution in [2.75, 3.05) is 31.7 Å². The van der Waals surface area contributed by atoms with Gasteiger partial charge in [-0.3, -0.25) is 5.43 Å². The van der Waals surface area contributed by atoms with Crippen molar-refractivity contribution < 1.29 is 9.47 Å². The molecule has 1 aromatic heterocycles. The molecular weight excluding hydrogens is 220 g/mol. The fourth-order valence-electron chi connectivity index (χ4n) is 1.52. The molecule has 0 amide bonds. The van der Waals surface area contributed by atoms with Crippen molar-refractivity contribution in [1.29, 1.82) is 0 Å². The van der Waals surface area contributed by atoms with Crippen LogP contribution in [0.3, 0.4) is 0 Å². The smallest absolute Gasteiger partial charge is 0.240 e. The number of nitrogens with zero attached hydrogens (tertiary/aromatic N) is 3. The van der Waals surface area contributed by atoms with Crippen molar-refractivity contribution in [1.82, 2.24) is 15.0 Å². The highest BCUT2D eigenvalue weighted by molar-refractivity contribution is 5.26. The average Bonchev–Trinajstić information content (AvgIpc) is 2.30. The number of hydrogen-bond donors (Lipinski definition) is 1. The molecule has 0 unspecified atom stereocenters. The average molecular weight is 238 g/mol. The summed E-state index contributed by atoms with van der Waals surface area (Å²) in [7, 11) is 0. The molecule has 0 atom stereocenters. The van der Waals surface area contributed by atoms with Gasteiger partial charge in [0.1, 0.15) is 0 Å². The van der Waals surface area contributed by atoms with Gasteiger partial charge in [0.05, 0.1) is 19.3 Å². The summed E-state index contributed by atoms with van der Waals surface area (Å²) in [6.07, 6.45) is 1.80.